The molecular weight excluding hydrogens is 362 g/mol. The third-order valence-electron chi connectivity index (χ3n) is 6.21. The average molecular weight is 397 g/mol. The molecule has 2 N–H and O–H groups in total. The Kier molecular flexibility index (Phi) is 7.15. The van der Waals surface area contributed by atoms with Crippen LogP contribution in [0.25, 0.3) is 0 Å². The molecule has 1 aliphatic rings. The molecule has 1 aliphatic heterocycles. The molecule has 2 atom stereocenters. The minimum atomic E-state index is -0.0713. The number of para-hydroxylation sites is 1. The van der Waals surface area contributed by atoms with Crippen molar-refractivity contribution in [1.29, 1.82) is 0 Å². The van der Waals surface area contributed by atoms with Gasteiger partial charge in [-0.15, -0.1) is 0 Å². The van der Waals surface area contributed by atoms with Gasteiger partial charge < -0.3 is 19.9 Å². The van der Waals surface area contributed by atoms with Crippen molar-refractivity contribution < 1.29 is 14.4 Å². The quantitative estimate of drug-likeness (QED) is 0.756. The second kappa shape index (κ2) is 9.79. The summed E-state index contributed by atoms with van der Waals surface area (Å²) in [6.45, 7) is 10.2. The van der Waals surface area contributed by atoms with Crippen LogP contribution in [-0.4, -0.2) is 45.2 Å². The maximum Gasteiger partial charge on any atom is 0.282 e. The predicted octanol–water partition coefficient (Wildman–Crippen LogP) is 2.94. The Hall–Kier alpha value is -2.53. The normalized spacial score (nSPS) is 16.9. The fourth-order valence-corrected chi connectivity index (χ4v) is 3.97. The molecule has 1 saturated heterocycles. The summed E-state index contributed by atoms with van der Waals surface area (Å²) in [5.74, 6) is 1.41. The molecule has 5 heteroatoms. The fraction of sp³-hybridized carbons (Fsp3) is 0.458. The van der Waals surface area contributed by atoms with Crippen LogP contribution < -0.4 is 19.9 Å². The molecule has 1 heterocycles. The van der Waals surface area contributed by atoms with Gasteiger partial charge in [-0.3, -0.25) is 4.79 Å². The summed E-state index contributed by atoms with van der Waals surface area (Å²) in [5, 5.41) is 3.19. The van der Waals surface area contributed by atoms with E-state index in [-0.39, 0.29) is 11.9 Å². The summed E-state index contributed by atoms with van der Waals surface area (Å²) in [6.07, 6.45) is 1.06. The maximum atomic E-state index is 12.9. The van der Waals surface area contributed by atoms with Crippen molar-refractivity contribution in [2.45, 2.75) is 39.2 Å². The first-order chi connectivity index (χ1) is 14.0. The molecule has 0 saturated carbocycles. The molecule has 1 fully saturated rings. The SMILES string of the molecule is CC[C@H](C)c1ccccc1NC(=O)[C@@H](C)[NH+]1CCN(c2ccc(OC)cc2)CC1. The fourth-order valence-electron chi connectivity index (χ4n) is 3.97. The number of amides is 1. The van der Waals surface area contributed by atoms with Gasteiger partial charge in [0.1, 0.15) is 5.75 Å². The Balaban J connectivity index is 1.57. The van der Waals surface area contributed by atoms with Crippen LogP contribution in [0.3, 0.4) is 0 Å². The molecule has 0 aromatic heterocycles. The van der Waals surface area contributed by atoms with Crippen molar-refractivity contribution in [2.75, 3.05) is 43.5 Å². The van der Waals surface area contributed by atoms with Gasteiger partial charge in [0.15, 0.2) is 6.04 Å². The van der Waals surface area contributed by atoms with Crippen molar-refractivity contribution >= 4 is 17.3 Å². The minimum Gasteiger partial charge on any atom is -0.497 e. The number of nitrogens with zero attached hydrogens (tertiary/aromatic N) is 1. The molecule has 2 aromatic rings. The number of carbonyl (C=O) groups excluding carboxylic acids is 1. The van der Waals surface area contributed by atoms with Gasteiger partial charge in [0.2, 0.25) is 0 Å². The summed E-state index contributed by atoms with van der Waals surface area (Å²) in [7, 11) is 1.69. The van der Waals surface area contributed by atoms with Crippen LogP contribution in [0.4, 0.5) is 11.4 Å². The average Bonchev–Trinajstić information content (AvgIpc) is 2.78. The smallest absolute Gasteiger partial charge is 0.282 e. The lowest BCUT2D eigenvalue weighted by molar-refractivity contribution is -0.914. The zero-order valence-corrected chi connectivity index (χ0v) is 18.1. The van der Waals surface area contributed by atoms with Gasteiger partial charge in [0.05, 0.1) is 33.3 Å². The highest BCUT2D eigenvalue weighted by atomic mass is 16.5. The Morgan fingerprint density at radius 1 is 1.10 bits per heavy atom. The molecule has 29 heavy (non-hydrogen) atoms. The van der Waals surface area contributed by atoms with Crippen molar-refractivity contribution in [3.8, 4) is 5.75 Å². The molecule has 1 amide bonds. The van der Waals surface area contributed by atoms with E-state index in [0.717, 1.165) is 44.0 Å². The van der Waals surface area contributed by atoms with E-state index in [9.17, 15) is 4.79 Å². The number of carbonyl (C=O) groups is 1. The zero-order valence-electron chi connectivity index (χ0n) is 18.1. The molecular formula is C24H34N3O2+. The van der Waals surface area contributed by atoms with Gasteiger partial charge >= 0.3 is 0 Å². The molecule has 0 radical (unpaired) electrons. The molecule has 5 nitrogen and oxygen atoms in total. The molecule has 0 aliphatic carbocycles. The lowest BCUT2D eigenvalue weighted by Gasteiger charge is -2.36. The zero-order chi connectivity index (χ0) is 20.8. The van der Waals surface area contributed by atoms with Crippen molar-refractivity contribution in [1.82, 2.24) is 0 Å². The highest BCUT2D eigenvalue weighted by molar-refractivity contribution is 5.94. The van der Waals surface area contributed by atoms with E-state index >= 15 is 0 Å². The third kappa shape index (κ3) is 5.10. The van der Waals surface area contributed by atoms with Gasteiger partial charge in [-0.1, -0.05) is 32.0 Å². The second-order valence-electron chi connectivity index (χ2n) is 7.95. The van der Waals surface area contributed by atoms with Gasteiger partial charge in [0.25, 0.3) is 5.91 Å². The number of nitrogens with one attached hydrogen (secondary N) is 2. The number of hydrogen-bond acceptors (Lipinski definition) is 3. The molecule has 3 rings (SSSR count). The largest absolute Gasteiger partial charge is 0.497 e. The van der Waals surface area contributed by atoms with Gasteiger partial charge in [-0.05, 0) is 55.2 Å². The summed E-state index contributed by atoms with van der Waals surface area (Å²) in [6, 6.07) is 16.3. The van der Waals surface area contributed by atoms with Gasteiger partial charge in [0, 0.05) is 11.4 Å². The van der Waals surface area contributed by atoms with E-state index in [2.05, 4.69) is 42.3 Å². The van der Waals surface area contributed by atoms with Crippen LogP contribution in [0.1, 0.15) is 38.7 Å². The van der Waals surface area contributed by atoms with Crippen LogP contribution in [0, 0.1) is 0 Å². The van der Waals surface area contributed by atoms with E-state index in [1.165, 1.54) is 16.2 Å². The summed E-state index contributed by atoms with van der Waals surface area (Å²) >= 11 is 0. The Morgan fingerprint density at radius 2 is 1.76 bits per heavy atom. The summed E-state index contributed by atoms with van der Waals surface area (Å²) in [5.41, 5.74) is 3.38. The molecule has 0 spiro atoms. The molecule has 2 aromatic carbocycles. The number of hydrogen-bond donors (Lipinski definition) is 2. The third-order valence-corrected chi connectivity index (χ3v) is 6.21. The highest BCUT2D eigenvalue weighted by Gasteiger charge is 2.29. The van der Waals surface area contributed by atoms with Crippen LogP contribution in [0.15, 0.2) is 48.5 Å². The standard InChI is InChI=1S/C24H33N3O2/c1-5-18(2)22-8-6-7-9-23(22)25-24(28)19(3)26-14-16-27(17-15-26)20-10-12-21(29-4)13-11-20/h6-13,18-19H,5,14-17H2,1-4H3,(H,25,28)/p+1/t18-,19+/m0/s1. The van der Waals surface area contributed by atoms with Crippen molar-refractivity contribution in [3.63, 3.8) is 0 Å². The predicted molar refractivity (Wildman–Crippen MR) is 119 cm³/mol. The van der Waals surface area contributed by atoms with E-state index < -0.39 is 0 Å². The van der Waals surface area contributed by atoms with Gasteiger partial charge in [-0.2, -0.15) is 0 Å². The maximum absolute atomic E-state index is 12.9. The minimum absolute atomic E-state index is 0.0713. The Bertz CT molecular complexity index is 798. The monoisotopic (exact) mass is 396 g/mol. The van der Waals surface area contributed by atoms with Crippen molar-refractivity contribution in [3.05, 3.63) is 54.1 Å². The van der Waals surface area contributed by atoms with E-state index in [1.54, 1.807) is 7.11 Å². The van der Waals surface area contributed by atoms with Crippen LogP contribution in [0.2, 0.25) is 0 Å². The first kappa shape index (κ1) is 21.2. The second-order valence-corrected chi connectivity index (χ2v) is 7.95. The number of methoxy groups -OCH3 is 1. The first-order valence-electron chi connectivity index (χ1n) is 10.7. The highest BCUT2D eigenvalue weighted by Crippen LogP contribution is 2.26. The lowest BCUT2D eigenvalue weighted by Crippen LogP contribution is -3.19. The molecule has 0 unspecified atom stereocenters. The summed E-state index contributed by atoms with van der Waals surface area (Å²) < 4.78 is 5.24. The number of benzene rings is 2. The topological polar surface area (TPSA) is 46.0 Å². The Morgan fingerprint density at radius 3 is 2.38 bits per heavy atom. The molecule has 156 valence electrons. The summed E-state index contributed by atoms with van der Waals surface area (Å²) in [4.78, 5) is 16.7. The van der Waals surface area contributed by atoms with Crippen molar-refractivity contribution in [2.24, 2.45) is 0 Å². The Labute approximate surface area is 174 Å². The van der Waals surface area contributed by atoms with Crippen LogP contribution in [-0.2, 0) is 4.79 Å². The number of ether oxygens (including phenoxy) is 1. The number of anilines is 2. The first-order valence-corrected chi connectivity index (χ1v) is 10.7. The van der Waals surface area contributed by atoms with E-state index in [0.29, 0.717) is 5.92 Å². The van der Waals surface area contributed by atoms with Crippen LogP contribution >= 0.6 is 0 Å². The number of piperazine rings is 1. The number of rotatable bonds is 7. The number of quaternary nitrogens is 1. The van der Waals surface area contributed by atoms with E-state index in [4.69, 9.17) is 4.74 Å². The molecule has 0 bridgehead atoms. The van der Waals surface area contributed by atoms with Crippen LogP contribution in [0.5, 0.6) is 5.75 Å². The van der Waals surface area contributed by atoms with Gasteiger partial charge in [-0.25, -0.2) is 0 Å². The lowest BCUT2D eigenvalue weighted by atomic mass is 9.97. The van der Waals surface area contributed by atoms with E-state index in [1.807, 2.05) is 37.3 Å².